The SMILES string of the molecule is CC(C)(OO)c1ccc(COCc2ccc(C(C)(C)OO)cc2)cc1. The third-order valence-corrected chi connectivity index (χ3v) is 4.29. The molecule has 0 heterocycles. The number of rotatable bonds is 8. The first-order chi connectivity index (χ1) is 11.8. The van der Waals surface area contributed by atoms with Gasteiger partial charge in [-0.05, 0) is 49.9 Å². The van der Waals surface area contributed by atoms with Crippen LogP contribution in [0.2, 0.25) is 0 Å². The van der Waals surface area contributed by atoms with Crippen LogP contribution in [0.5, 0.6) is 0 Å². The number of benzene rings is 2. The molecule has 0 amide bonds. The van der Waals surface area contributed by atoms with E-state index in [2.05, 4.69) is 9.78 Å². The minimum atomic E-state index is -0.729. The molecule has 2 N–H and O–H groups in total. The van der Waals surface area contributed by atoms with Gasteiger partial charge in [0.1, 0.15) is 11.2 Å². The Bertz CT molecular complexity index is 600. The second-order valence-electron chi connectivity index (χ2n) is 7.09. The summed E-state index contributed by atoms with van der Waals surface area (Å²) in [6, 6.07) is 15.5. The number of hydrogen-bond acceptors (Lipinski definition) is 5. The van der Waals surface area contributed by atoms with E-state index >= 15 is 0 Å². The van der Waals surface area contributed by atoms with Crippen molar-refractivity contribution in [1.29, 1.82) is 0 Å². The van der Waals surface area contributed by atoms with E-state index in [9.17, 15) is 0 Å². The molecule has 0 aliphatic heterocycles. The molecule has 0 saturated carbocycles. The van der Waals surface area contributed by atoms with Crippen LogP contribution in [0.25, 0.3) is 0 Å². The lowest BCUT2D eigenvalue weighted by atomic mass is 9.97. The second-order valence-corrected chi connectivity index (χ2v) is 7.09. The maximum Gasteiger partial charge on any atom is 0.123 e. The largest absolute Gasteiger partial charge is 0.372 e. The van der Waals surface area contributed by atoms with Crippen molar-refractivity contribution < 1.29 is 25.0 Å². The fourth-order valence-corrected chi connectivity index (χ4v) is 2.40. The van der Waals surface area contributed by atoms with Crippen LogP contribution in [-0.2, 0) is 38.9 Å². The first kappa shape index (κ1) is 19.6. The lowest BCUT2D eigenvalue weighted by Gasteiger charge is -2.21. The van der Waals surface area contributed by atoms with Crippen molar-refractivity contribution in [2.75, 3.05) is 0 Å². The molecule has 0 aliphatic carbocycles. The molecule has 25 heavy (non-hydrogen) atoms. The van der Waals surface area contributed by atoms with Gasteiger partial charge >= 0.3 is 0 Å². The van der Waals surface area contributed by atoms with E-state index in [1.54, 1.807) is 27.7 Å². The first-order valence-electron chi connectivity index (χ1n) is 8.20. The fraction of sp³-hybridized carbons (Fsp3) is 0.400. The average molecular weight is 346 g/mol. The van der Waals surface area contributed by atoms with Crippen LogP contribution in [0.1, 0.15) is 49.9 Å². The van der Waals surface area contributed by atoms with Gasteiger partial charge in [0.2, 0.25) is 0 Å². The molecular formula is C20H26O5. The lowest BCUT2D eigenvalue weighted by Crippen LogP contribution is -2.19. The molecule has 0 spiro atoms. The Balaban J connectivity index is 1.88. The monoisotopic (exact) mass is 346 g/mol. The van der Waals surface area contributed by atoms with Crippen molar-refractivity contribution in [3.8, 4) is 0 Å². The van der Waals surface area contributed by atoms with Crippen LogP contribution < -0.4 is 0 Å². The fourth-order valence-electron chi connectivity index (χ4n) is 2.40. The Morgan fingerprint density at radius 1 is 0.640 bits per heavy atom. The highest BCUT2D eigenvalue weighted by Crippen LogP contribution is 2.25. The van der Waals surface area contributed by atoms with Gasteiger partial charge in [0.05, 0.1) is 13.2 Å². The summed E-state index contributed by atoms with van der Waals surface area (Å²) in [5.74, 6) is 0. The molecule has 2 aromatic carbocycles. The van der Waals surface area contributed by atoms with Crippen molar-refractivity contribution >= 4 is 0 Å². The zero-order valence-electron chi connectivity index (χ0n) is 15.2. The molecule has 0 bridgehead atoms. The molecule has 0 aliphatic rings. The van der Waals surface area contributed by atoms with Gasteiger partial charge in [0.15, 0.2) is 0 Å². The van der Waals surface area contributed by atoms with Crippen LogP contribution in [0.15, 0.2) is 48.5 Å². The van der Waals surface area contributed by atoms with Crippen LogP contribution in [-0.4, -0.2) is 10.5 Å². The predicted molar refractivity (Wildman–Crippen MR) is 94.9 cm³/mol. The van der Waals surface area contributed by atoms with Gasteiger partial charge in [-0.15, -0.1) is 0 Å². The molecule has 0 saturated heterocycles. The highest BCUT2D eigenvalue weighted by atomic mass is 17.1. The third-order valence-electron chi connectivity index (χ3n) is 4.29. The normalized spacial score (nSPS) is 12.4. The third kappa shape index (κ3) is 5.11. The van der Waals surface area contributed by atoms with E-state index in [4.69, 9.17) is 15.3 Å². The lowest BCUT2D eigenvalue weighted by molar-refractivity contribution is -0.318. The highest BCUT2D eigenvalue weighted by Gasteiger charge is 2.22. The molecule has 5 nitrogen and oxygen atoms in total. The Labute approximate surface area is 148 Å². The van der Waals surface area contributed by atoms with Crippen molar-refractivity contribution in [3.05, 3.63) is 70.8 Å². The summed E-state index contributed by atoms with van der Waals surface area (Å²) in [6.07, 6.45) is 0. The van der Waals surface area contributed by atoms with E-state index < -0.39 is 11.2 Å². The summed E-state index contributed by atoms with van der Waals surface area (Å²) >= 11 is 0. The minimum Gasteiger partial charge on any atom is -0.372 e. The summed E-state index contributed by atoms with van der Waals surface area (Å²) in [4.78, 5) is 8.98. The van der Waals surface area contributed by atoms with E-state index in [-0.39, 0.29) is 0 Å². The Hall–Kier alpha value is -1.76. The van der Waals surface area contributed by atoms with Gasteiger partial charge in [0, 0.05) is 0 Å². The Kier molecular flexibility index (Phi) is 6.32. The number of hydrogen-bond donors (Lipinski definition) is 2. The standard InChI is InChI=1S/C20H26O5/c1-19(2,24-21)17-9-5-15(6-10-17)13-23-14-16-7-11-18(12-8-16)20(3,4)25-22/h5-12,21-22H,13-14H2,1-4H3. The maximum absolute atomic E-state index is 8.92. The zero-order chi connectivity index (χ0) is 18.5. The van der Waals surface area contributed by atoms with E-state index in [1.807, 2.05) is 48.5 Å². The summed E-state index contributed by atoms with van der Waals surface area (Å²) in [7, 11) is 0. The first-order valence-corrected chi connectivity index (χ1v) is 8.20. The summed E-state index contributed by atoms with van der Waals surface area (Å²) in [6.45, 7) is 8.18. The van der Waals surface area contributed by atoms with Gasteiger partial charge in [0.25, 0.3) is 0 Å². The smallest absolute Gasteiger partial charge is 0.123 e. The van der Waals surface area contributed by atoms with Crippen LogP contribution in [0.4, 0.5) is 0 Å². The molecule has 0 aromatic heterocycles. The number of ether oxygens (including phenoxy) is 1. The molecule has 136 valence electrons. The summed E-state index contributed by atoms with van der Waals surface area (Å²) < 4.78 is 5.75. The van der Waals surface area contributed by atoms with Crippen molar-refractivity contribution in [2.45, 2.75) is 52.1 Å². The van der Waals surface area contributed by atoms with Gasteiger partial charge in [-0.3, -0.25) is 10.5 Å². The van der Waals surface area contributed by atoms with E-state index in [0.717, 1.165) is 22.3 Å². The van der Waals surface area contributed by atoms with Gasteiger partial charge in [-0.25, -0.2) is 9.78 Å². The van der Waals surface area contributed by atoms with E-state index in [0.29, 0.717) is 13.2 Å². The topological polar surface area (TPSA) is 68.2 Å². The van der Waals surface area contributed by atoms with Gasteiger partial charge in [-0.1, -0.05) is 48.5 Å². The van der Waals surface area contributed by atoms with Crippen molar-refractivity contribution in [1.82, 2.24) is 0 Å². The summed E-state index contributed by atoms with van der Waals surface area (Å²) in [5, 5.41) is 17.8. The van der Waals surface area contributed by atoms with Crippen LogP contribution >= 0.6 is 0 Å². The predicted octanol–water partition coefficient (Wildman–Crippen LogP) is 4.85. The molecule has 0 atom stereocenters. The quantitative estimate of drug-likeness (QED) is 0.528. The van der Waals surface area contributed by atoms with Gasteiger partial charge < -0.3 is 4.74 Å². The molecule has 0 unspecified atom stereocenters. The molecular weight excluding hydrogens is 320 g/mol. The molecule has 2 rings (SSSR count). The Morgan fingerprint density at radius 2 is 0.960 bits per heavy atom. The van der Waals surface area contributed by atoms with Gasteiger partial charge in [-0.2, -0.15) is 0 Å². The highest BCUT2D eigenvalue weighted by molar-refractivity contribution is 5.27. The Morgan fingerprint density at radius 3 is 1.24 bits per heavy atom. The average Bonchev–Trinajstić information content (AvgIpc) is 2.62. The molecule has 2 aromatic rings. The second kappa shape index (κ2) is 8.08. The molecule has 5 heteroatoms. The summed E-state index contributed by atoms with van der Waals surface area (Å²) in [5.41, 5.74) is 2.42. The zero-order valence-corrected chi connectivity index (χ0v) is 15.2. The van der Waals surface area contributed by atoms with Crippen molar-refractivity contribution in [3.63, 3.8) is 0 Å². The maximum atomic E-state index is 8.92. The molecule has 0 fully saturated rings. The van der Waals surface area contributed by atoms with Crippen LogP contribution in [0, 0.1) is 0 Å². The van der Waals surface area contributed by atoms with Crippen LogP contribution in [0.3, 0.4) is 0 Å². The molecule has 0 radical (unpaired) electrons. The minimum absolute atomic E-state index is 0.494. The van der Waals surface area contributed by atoms with E-state index in [1.165, 1.54) is 0 Å². The van der Waals surface area contributed by atoms with Crippen molar-refractivity contribution in [2.24, 2.45) is 0 Å².